The van der Waals surface area contributed by atoms with Crippen molar-refractivity contribution in [1.82, 2.24) is 0 Å². The van der Waals surface area contributed by atoms with Crippen molar-refractivity contribution in [1.29, 1.82) is 0 Å². The van der Waals surface area contributed by atoms with Crippen LogP contribution >= 0.6 is 0 Å². The van der Waals surface area contributed by atoms with Crippen molar-refractivity contribution >= 4 is 5.69 Å². The van der Waals surface area contributed by atoms with E-state index in [1.807, 2.05) is 24.3 Å². The van der Waals surface area contributed by atoms with Crippen LogP contribution in [0.3, 0.4) is 0 Å². The van der Waals surface area contributed by atoms with E-state index >= 15 is 0 Å². The van der Waals surface area contributed by atoms with Crippen LogP contribution in [-0.4, -0.2) is 50.5 Å². The molecule has 0 radical (unpaired) electrons. The zero-order valence-electron chi connectivity index (χ0n) is 16.2. The van der Waals surface area contributed by atoms with Gasteiger partial charge in [0.05, 0.1) is 31.9 Å². The van der Waals surface area contributed by atoms with Crippen LogP contribution in [0.4, 0.5) is 10.1 Å². The van der Waals surface area contributed by atoms with Crippen LogP contribution in [0.1, 0.15) is 25.3 Å². The largest absolute Gasteiger partial charge is 0.491 e. The van der Waals surface area contributed by atoms with Crippen LogP contribution in [0, 0.1) is 5.82 Å². The Bertz CT molecular complexity index is 713. The molecule has 3 rings (SSSR count). The van der Waals surface area contributed by atoms with Crippen LogP contribution < -0.4 is 14.5 Å². The Morgan fingerprint density at radius 3 is 2.37 bits per heavy atom. The third kappa shape index (κ3) is 5.44. The summed E-state index contributed by atoms with van der Waals surface area (Å²) in [5.41, 5.74) is 1.95. The molecule has 0 amide bonds. The van der Waals surface area contributed by atoms with Gasteiger partial charge in [0.1, 0.15) is 30.8 Å². The highest BCUT2D eigenvalue weighted by Gasteiger charge is 2.24. The first-order chi connectivity index (χ1) is 13.0. The first kappa shape index (κ1) is 19.6. The predicted octanol–water partition coefficient (Wildman–Crippen LogP) is 2.09. The third-order valence-corrected chi connectivity index (χ3v) is 5.18. The van der Waals surface area contributed by atoms with Crippen LogP contribution in [0.25, 0.3) is 0 Å². The smallest absolute Gasteiger partial charge is 0.146 e. The lowest BCUT2D eigenvalue weighted by Gasteiger charge is -2.34. The van der Waals surface area contributed by atoms with Crippen molar-refractivity contribution in [3.05, 3.63) is 59.9 Å². The first-order valence-electron chi connectivity index (χ1n) is 9.77. The van der Waals surface area contributed by atoms with Crippen molar-refractivity contribution in [3.63, 3.8) is 0 Å². The Hall–Kier alpha value is -2.11. The van der Waals surface area contributed by atoms with Crippen LogP contribution in [0.2, 0.25) is 0 Å². The number of benzene rings is 2. The molecule has 1 heterocycles. The van der Waals surface area contributed by atoms with Crippen molar-refractivity contribution in [2.75, 3.05) is 44.2 Å². The van der Waals surface area contributed by atoms with Gasteiger partial charge in [-0.1, -0.05) is 38.1 Å². The highest BCUT2D eigenvalue weighted by atomic mass is 19.1. The molecule has 1 aliphatic rings. The van der Waals surface area contributed by atoms with Gasteiger partial charge in [-0.2, -0.15) is 0 Å². The van der Waals surface area contributed by atoms with Gasteiger partial charge in [0.25, 0.3) is 0 Å². The molecule has 5 heteroatoms. The maximum Gasteiger partial charge on any atom is 0.146 e. The van der Waals surface area contributed by atoms with Gasteiger partial charge in [-0.15, -0.1) is 0 Å². The Morgan fingerprint density at radius 1 is 1.07 bits per heavy atom. The number of hydrogen-bond donors (Lipinski definition) is 2. The quantitative estimate of drug-likeness (QED) is 0.781. The molecule has 4 nitrogen and oxygen atoms in total. The Labute approximate surface area is 161 Å². The van der Waals surface area contributed by atoms with Gasteiger partial charge in [0.2, 0.25) is 0 Å². The standard InChI is InChI=1S/C22H29FN2O2/c1-17(2)18-7-9-20(10-8-18)27-16-19(26)15-24-11-13-25(14-12-24)22-6-4-3-5-21(22)23/h3-10,17,19,26H,11-16H2,1-2H3/p+1/t19-/m0/s1. The topological polar surface area (TPSA) is 37.1 Å². The number of ether oxygens (including phenoxy) is 1. The van der Waals surface area contributed by atoms with Crippen molar-refractivity contribution in [2.24, 2.45) is 0 Å². The summed E-state index contributed by atoms with van der Waals surface area (Å²) in [5.74, 6) is 1.12. The number of nitrogens with one attached hydrogen (secondary N) is 1. The molecule has 1 aliphatic heterocycles. The average molecular weight is 373 g/mol. The lowest BCUT2D eigenvalue weighted by Crippen LogP contribution is -3.16. The minimum absolute atomic E-state index is 0.169. The summed E-state index contributed by atoms with van der Waals surface area (Å²) in [6, 6.07) is 15.0. The Morgan fingerprint density at radius 2 is 1.74 bits per heavy atom. The predicted molar refractivity (Wildman–Crippen MR) is 106 cm³/mol. The van der Waals surface area contributed by atoms with E-state index in [9.17, 15) is 9.50 Å². The van der Waals surface area contributed by atoms with Gasteiger partial charge in [0, 0.05) is 0 Å². The van der Waals surface area contributed by atoms with Crippen LogP contribution in [0.5, 0.6) is 5.75 Å². The maximum absolute atomic E-state index is 13.9. The summed E-state index contributed by atoms with van der Waals surface area (Å²) < 4.78 is 19.6. The van der Waals surface area contributed by atoms with Gasteiger partial charge in [-0.05, 0) is 35.7 Å². The van der Waals surface area contributed by atoms with Crippen molar-refractivity contribution < 1.29 is 19.1 Å². The van der Waals surface area contributed by atoms with E-state index in [1.54, 1.807) is 6.07 Å². The summed E-state index contributed by atoms with van der Waals surface area (Å²) in [4.78, 5) is 3.41. The summed E-state index contributed by atoms with van der Waals surface area (Å²) in [7, 11) is 0. The maximum atomic E-state index is 13.9. The molecule has 0 unspecified atom stereocenters. The molecule has 1 atom stereocenters. The van der Waals surface area contributed by atoms with Gasteiger partial charge < -0.3 is 19.6 Å². The number of hydrogen-bond acceptors (Lipinski definition) is 3. The molecule has 0 saturated carbocycles. The number of quaternary nitrogens is 1. The number of halogens is 1. The molecule has 0 bridgehead atoms. The number of rotatable bonds is 7. The number of piperazine rings is 1. The van der Waals surface area contributed by atoms with E-state index in [0.29, 0.717) is 24.8 Å². The molecular formula is C22H30FN2O2+. The monoisotopic (exact) mass is 373 g/mol. The number of nitrogens with zero attached hydrogens (tertiary/aromatic N) is 1. The Balaban J connectivity index is 1.41. The van der Waals surface area contributed by atoms with E-state index in [4.69, 9.17) is 4.74 Å². The van der Waals surface area contributed by atoms with Crippen molar-refractivity contribution in [3.8, 4) is 5.75 Å². The molecule has 2 aromatic carbocycles. The molecule has 1 fully saturated rings. The van der Waals surface area contributed by atoms with Crippen molar-refractivity contribution in [2.45, 2.75) is 25.9 Å². The number of aliphatic hydroxyl groups excluding tert-OH is 1. The van der Waals surface area contributed by atoms with Gasteiger partial charge in [0.15, 0.2) is 0 Å². The van der Waals surface area contributed by atoms with E-state index < -0.39 is 6.10 Å². The van der Waals surface area contributed by atoms with Crippen LogP contribution in [-0.2, 0) is 0 Å². The van der Waals surface area contributed by atoms with E-state index in [1.165, 1.54) is 16.5 Å². The lowest BCUT2D eigenvalue weighted by molar-refractivity contribution is -0.903. The van der Waals surface area contributed by atoms with Gasteiger partial charge >= 0.3 is 0 Å². The molecule has 27 heavy (non-hydrogen) atoms. The SMILES string of the molecule is CC(C)c1ccc(OC[C@@H](O)C[NH+]2CCN(c3ccccc3F)CC2)cc1. The highest BCUT2D eigenvalue weighted by molar-refractivity contribution is 5.47. The fourth-order valence-electron chi connectivity index (χ4n) is 3.51. The van der Waals surface area contributed by atoms with E-state index in [0.717, 1.165) is 31.9 Å². The van der Waals surface area contributed by atoms with Gasteiger partial charge in [-0.25, -0.2) is 4.39 Å². The second-order valence-electron chi connectivity index (χ2n) is 7.58. The molecule has 0 aromatic heterocycles. The molecule has 2 N–H and O–H groups in total. The molecule has 1 saturated heterocycles. The average Bonchev–Trinajstić information content (AvgIpc) is 2.68. The molecule has 0 aliphatic carbocycles. The normalized spacial score (nSPS) is 16.6. The Kier molecular flexibility index (Phi) is 6.69. The van der Waals surface area contributed by atoms with E-state index in [2.05, 4.69) is 30.9 Å². The van der Waals surface area contributed by atoms with Gasteiger partial charge in [-0.3, -0.25) is 0 Å². The number of para-hydroxylation sites is 1. The molecule has 146 valence electrons. The summed E-state index contributed by atoms with van der Waals surface area (Å²) in [6.45, 7) is 8.61. The second-order valence-corrected chi connectivity index (χ2v) is 7.58. The second kappa shape index (κ2) is 9.20. The number of aliphatic hydroxyl groups is 1. The summed E-state index contributed by atoms with van der Waals surface area (Å²) in [5, 5.41) is 10.3. The zero-order valence-corrected chi connectivity index (χ0v) is 16.2. The molecular weight excluding hydrogens is 343 g/mol. The lowest BCUT2D eigenvalue weighted by atomic mass is 10.0. The summed E-state index contributed by atoms with van der Waals surface area (Å²) >= 11 is 0. The zero-order chi connectivity index (χ0) is 19.2. The molecule has 2 aromatic rings. The third-order valence-electron chi connectivity index (χ3n) is 5.18. The first-order valence-corrected chi connectivity index (χ1v) is 9.77. The fourth-order valence-corrected chi connectivity index (χ4v) is 3.51. The minimum Gasteiger partial charge on any atom is -0.491 e. The minimum atomic E-state index is -0.509. The fraction of sp³-hybridized carbons (Fsp3) is 0.455. The molecule has 0 spiro atoms. The van der Waals surface area contributed by atoms with Crippen LogP contribution in [0.15, 0.2) is 48.5 Å². The number of anilines is 1. The highest BCUT2D eigenvalue weighted by Crippen LogP contribution is 2.19. The summed E-state index contributed by atoms with van der Waals surface area (Å²) in [6.07, 6.45) is -0.509. The van der Waals surface area contributed by atoms with E-state index in [-0.39, 0.29) is 5.82 Å².